The Morgan fingerprint density at radius 3 is 2.15 bits per heavy atom. The van der Waals surface area contributed by atoms with Crippen LogP contribution in [0.25, 0.3) is 22.4 Å². The first kappa shape index (κ1) is 28.5. The van der Waals surface area contributed by atoms with E-state index in [0.29, 0.717) is 23.4 Å². The van der Waals surface area contributed by atoms with Crippen LogP contribution in [0.3, 0.4) is 0 Å². The maximum absolute atomic E-state index is 13.8. The first-order chi connectivity index (χ1) is 18.6. The summed E-state index contributed by atoms with van der Waals surface area (Å²) in [4.78, 5) is 6.61. The first-order valence-corrected chi connectivity index (χ1v) is 12.3. The number of alkyl halides is 6. The average molecular weight is 550 g/mol. The van der Waals surface area contributed by atoms with Crippen LogP contribution in [0.1, 0.15) is 34.7 Å². The van der Waals surface area contributed by atoms with Gasteiger partial charge in [-0.15, -0.1) is 0 Å². The number of likely N-dealkylation sites (N-methyl/N-ethyl adjacent to an activating group) is 1. The second-order valence-electron chi connectivity index (χ2n) is 9.62. The Labute approximate surface area is 222 Å². The summed E-state index contributed by atoms with van der Waals surface area (Å²) in [5, 5.41) is 0. The third-order valence-electron chi connectivity index (χ3n) is 6.86. The number of rotatable bonds is 10. The zero-order valence-corrected chi connectivity index (χ0v) is 21.8. The van der Waals surface area contributed by atoms with Crippen LogP contribution in [-0.2, 0) is 32.7 Å². The number of aromatic nitrogens is 2. The number of nitrogens with zero attached hydrogens (tertiary/aromatic N) is 3. The predicted molar refractivity (Wildman–Crippen MR) is 139 cm³/mol. The Bertz CT molecular complexity index is 1420. The highest BCUT2D eigenvalue weighted by Gasteiger charge is 2.33. The number of hydrogen-bond donors (Lipinski definition) is 0. The summed E-state index contributed by atoms with van der Waals surface area (Å²) >= 11 is 0. The van der Waals surface area contributed by atoms with Crippen molar-refractivity contribution in [3.8, 4) is 17.1 Å². The second-order valence-corrected chi connectivity index (χ2v) is 9.62. The van der Waals surface area contributed by atoms with Crippen molar-refractivity contribution in [3.05, 3.63) is 82.4 Å². The van der Waals surface area contributed by atoms with E-state index in [2.05, 4.69) is 4.98 Å². The zero-order chi connectivity index (χ0) is 28.3. The van der Waals surface area contributed by atoms with E-state index in [9.17, 15) is 26.3 Å². The number of ether oxygens (including phenoxy) is 1. The van der Waals surface area contributed by atoms with Gasteiger partial charge in [0.15, 0.2) is 0 Å². The molecule has 4 rings (SSSR count). The molecule has 1 unspecified atom stereocenters. The first-order valence-electron chi connectivity index (χ1n) is 12.3. The lowest BCUT2D eigenvalue weighted by atomic mass is 9.99. The Morgan fingerprint density at radius 1 is 0.897 bits per heavy atom. The van der Waals surface area contributed by atoms with Crippen LogP contribution in [0.15, 0.2) is 54.6 Å². The highest BCUT2D eigenvalue weighted by Crippen LogP contribution is 2.35. The van der Waals surface area contributed by atoms with Gasteiger partial charge in [0, 0.05) is 17.7 Å². The number of benzene rings is 3. The molecule has 1 atom stereocenters. The maximum atomic E-state index is 13.8. The van der Waals surface area contributed by atoms with E-state index >= 15 is 0 Å². The van der Waals surface area contributed by atoms with E-state index in [1.54, 1.807) is 22.8 Å². The molecule has 0 spiro atoms. The monoisotopic (exact) mass is 549 g/mol. The van der Waals surface area contributed by atoms with E-state index in [4.69, 9.17) is 4.74 Å². The largest absolute Gasteiger partial charge is 0.492 e. The molecule has 0 fully saturated rings. The maximum Gasteiger partial charge on any atom is 0.416 e. The Balaban J connectivity index is 1.91. The molecule has 0 aliphatic heterocycles. The second kappa shape index (κ2) is 11.7. The van der Waals surface area contributed by atoms with Crippen LogP contribution in [-0.4, -0.2) is 41.2 Å². The zero-order valence-electron chi connectivity index (χ0n) is 21.8. The molecule has 0 amide bonds. The van der Waals surface area contributed by atoms with Crippen LogP contribution in [0.5, 0.6) is 5.75 Å². The van der Waals surface area contributed by atoms with E-state index in [1.165, 1.54) is 30.3 Å². The number of fused-ring (bicyclic) bond motifs is 1. The van der Waals surface area contributed by atoms with Crippen molar-refractivity contribution in [2.75, 3.05) is 20.7 Å². The molecule has 39 heavy (non-hydrogen) atoms. The fourth-order valence-electron chi connectivity index (χ4n) is 4.38. The van der Waals surface area contributed by atoms with Gasteiger partial charge >= 0.3 is 6.18 Å². The molecule has 4 aromatic rings. The molecule has 1 aromatic heterocycles. The van der Waals surface area contributed by atoms with Gasteiger partial charge in [-0.25, -0.2) is 18.2 Å². The fraction of sp³-hybridized carbons (Fsp3) is 0.345. The van der Waals surface area contributed by atoms with E-state index < -0.39 is 31.8 Å². The summed E-state index contributed by atoms with van der Waals surface area (Å²) in [6, 6.07) is 13.1. The minimum atomic E-state index is -4.59. The summed E-state index contributed by atoms with van der Waals surface area (Å²) in [6.07, 6.45) is -4.59. The van der Waals surface area contributed by atoms with Gasteiger partial charge in [-0.05, 0) is 73.6 Å². The molecule has 0 aliphatic carbocycles. The molecule has 1 heterocycles. The molecule has 0 bridgehead atoms. The van der Waals surface area contributed by atoms with Crippen LogP contribution < -0.4 is 4.74 Å². The van der Waals surface area contributed by atoms with Gasteiger partial charge in [0.25, 0.3) is 0 Å². The molecule has 0 radical (unpaired) electrons. The summed E-state index contributed by atoms with van der Waals surface area (Å²) in [5.74, 6) is 0.699. The highest BCUT2D eigenvalue weighted by molar-refractivity contribution is 5.82. The van der Waals surface area contributed by atoms with Crippen molar-refractivity contribution in [1.29, 1.82) is 0 Å². The fourth-order valence-corrected chi connectivity index (χ4v) is 4.38. The van der Waals surface area contributed by atoms with Crippen LogP contribution in [0, 0.1) is 0 Å². The lowest BCUT2D eigenvalue weighted by molar-refractivity contribution is -0.138. The standard InChI is InChI=1S/C29H29F6N3O/c1-18(37(2)3)17-39-23-8-9-26-27(12-23)38(16-19-6-4-5-7-25(19)29(33,34)35)28(36-26)20-10-21(13-30)24(15-32)22(11-20)14-31/h4-12,18H,13-17H2,1-3H3. The molecular weight excluding hydrogens is 520 g/mol. The van der Waals surface area contributed by atoms with Gasteiger partial charge in [-0.2, -0.15) is 13.2 Å². The highest BCUT2D eigenvalue weighted by atomic mass is 19.4. The smallest absolute Gasteiger partial charge is 0.416 e. The third kappa shape index (κ3) is 6.06. The van der Waals surface area contributed by atoms with Crippen LogP contribution in [0.2, 0.25) is 0 Å². The van der Waals surface area contributed by atoms with Crippen molar-refractivity contribution in [2.45, 2.75) is 45.7 Å². The minimum absolute atomic E-state index is 0.00471. The van der Waals surface area contributed by atoms with Gasteiger partial charge in [0.1, 0.15) is 38.2 Å². The Hall–Kier alpha value is -3.53. The SMILES string of the molecule is CC(COc1ccc2nc(-c3cc(CF)c(CF)c(CF)c3)n(Cc3ccccc3C(F)(F)F)c2c1)N(C)C. The molecule has 0 saturated carbocycles. The van der Waals surface area contributed by atoms with Crippen LogP contribution >= 0.6 is 0 Å². The van der Waals surface area contributed by atoms with Gasteiger partial charge in [-0.1, -0.05) is 18.2 Å². The van der Waals surface area contributed by atoms with Crippen LogP contribution in [0.4, 0.5) is 26.3 Å². The lowest BCUT2D eigenvalue weighted by Gasteiger charge is -2.20. The third-order valence-corrected chi connectivity index (χ3v) is 6.86. The van der Waals surface area contributed by atoms with Crippen molar-refractivity contribution in [3.63, 3.8) is 0 Å². The van der Waals surface area contributed by atoms with Crippen molar-refractivity contribution in [2.24, 2.45) is 0 Å². The number of imidazole rings is 1. The van der Waals surface area contributed by atoms with Gasteiger partial charge in [0.2, 0.25) is 0 Å². The van der Waals surface area contributed by atoms with Crippen molar-refractivity contribution < 1.29 is 31.1 Å². The topological polar surface area (TPSA) is 30.3 Å². The molecule has 4 nitrogen and oxygen atoms in total. The van der Waals surface area contributed by atoms with Crippen molar-refractivity contribution in [1.82, 2.24) is 14.5 Å². The molecule has 0 N–H and O–H groups in total. The average Bonchev–Trinajstić information content (AvgIpc) is 3.27. The number of hydrogen-bond acceptors (Lipinski definition) is 3. The molecule has 3 aromatic carbocycles. The minimum Gasteiger partial charge on any atom is -0.492 e. The van der Waals surface area contributed by atoms with Gasteiger partial charge < -0.3 is 14.2 Å². The van der Waals surface area contributed by atoms with Gasteiger partial charge in [0.05, 0.1) is 23.1 Å². The Morgan fingerprint density at radius 2 is 1.56 bits per heavy atom. The van der Waals surface area contributed by atoms with Gasteiger partial charge in [-0.3, -0.25) is 0 Å². The summed E-state index contributed by atoms with van der Waals surface area (Å²) in [6.45, 7) is -0.958. The normalized spacial score (nSPS) is 12.9. The van der Waals surface area contributed by atoms with E-state index in [-0.39, 0.29) is 46.2 Å². The molecule has 0 saturated heterocycles. The molecule has 208 valence electrons. The molecular formula is C29H29F6N3O. The van der Waals surface area contributed by atoms with E-state index in [1.807, 2.05) is 25.9 Å². The van der Waals surface area contributed by atoms with E-state index in [0.717, 1.165) is 6.07 Å². The number of halogens is 6. The summed E-state index contributed by atoms with van der Waals surface area (Å²) in [7, 11) is 3.84. The summed E-state index contributed by atoms with van der Waals surface area (Å²) in [5.41, 5.74) is 0.283. The Kier molecular flexibility index (Phi) is 8.54. The predicted octanol–water partition coefficient (Wildman–Crippen LogP) is 7.51. The lowest BCUT2D eigenvalue weighted by Crippen LogP contribution is -2.30. The molecule has 0 aliphatic rings. The molecule has 10 heteroatoms. The quantitative estimate of drug-likeness (QED) is 0.192. The summed E-state index contributed by atoms with van der Waals surface area (Å²) < 4.78 is 90.2. The van der Waals surface area contributed by atoms with Crippen molar-refractivity contribution >= 4 is 11.0 Å².